The molecule has 1 fully saturated rings. The lowest BCUT2D eigenvalue weighted by Gasteiger charge is -2.21. The van der Waals surface area contributed by atoms with Gasteiger partial charge in [-0.1, -0.05) is 31.1 Å². The zero-order valence-electron chi connectivity index (χ0n) is 18.3. The highest BCUT2D eigenvalue weighted by molar-refractivity contribution is 7.17. The van der Waals surface area contributed by atoms with Crippen LogP contribution in [0, 0.1) is 6.92 Å². The van der Waals surface area contributed by atoms with E-state index in [1.165, 1.54) is 11.3 Å². The van der Waals surface area contributed by atoms with Crippen molar-refractivity contribution in [3.05, 3.63) is 40.4 Å². The van der Waals surface area contributed by atoms with Crippen LogP contribution in [0.2, 0.25) is 0 Å². The predicted molar refractivity (Wildman–Crippen MR) is 122 cm³/mol. The molecule has 1 aliphatic rings. The first-order valence-corrected chi connectivity index (χ1v) is 11.6. The van der Waals surface area contributed by atoms with E-state index < -0.39 is 5.97 Å². The molecule has 0 atom stereocenters. The predicted octanol–water partition coefficient (Wildman–Crippen LogP) is 4.59. The second-order valence-electron chi connectivity index (χ2n) is 7.49. The second kappa shape index (κ2) is 10.5. The lowest BCUT2D eigenvalue weighted by atomic mass is 10.1. The summed E-state index contributed by atoms with van der Waals surface area (Å²) >= 11 is 1.19. The molecule has 1 aromatic heterocycles. The number of nitrogens with zero attached hydrogens (tertiary/aromatic N) is 3. The molecule has 1 aromatic carbocycles. The average molecular weight is 444 g/mol. The Morgan fingerprint density at radius 2 is 1.94 bits per heavy atom. The zero-order valence-corrected chi connectivity index (χ0v) is 19.2. The molecule has 0 bridgehead atoms. The van der Waals surface area contributed by atoms with Gasteiger partial charge in [-0.15, -0.1) is 0 Å². The van der Waals surface area contributed by atoms with Crippen LogP contribution >= 0.6 is 11.3 Å². The minimum absolute atomic E-state index is 0.116. The summed E-state index contributed by atoms with van der Waals surface area (Å²) in [7, 11) is 0. The molecular formula is C23H29N3O4S. The van der Waals surface area contributed by atoms with E-state index in [4.69, 9.17) is 4.74 Å². The molecule has 8 heteroatoms. The minimum Gasteiger partial charge on any atom is -0.462 e. The Balaban J connectivity index is 1.84. The smallest absolute Gasteiger partial charge is 0.350 e. The van der Waals surface area contributed by atoms with Gasteiger partial charge in [-0.25, -0.2) is 9.78 Å². The molecule has 0 unspecified atom stereocenters. The van der Waals surface area contributed by atoms with Gasteiger partial charge in [0.15, 0.2) is 5.13 Å². The SMILES string of the molecule is CCCCCN(C(=O)c1ccc(N2CCCC2=O)cc1)c1nc(C)c(C(=O)OCC)s1. The molecule has 166 valence electrons. The summed E-state index contributed by atoms with van der Waals surface area (Å²) in [6, 6.07) is 7.14. The number of benzene rings is 1. The first-order valence-electron chi connectivity index (χ1n) is 10.8. The van der Waals surface area contributed by atoms with E-state index in [2.05, 4.69) is 11.9 Å². The van der Waals surface area contributed by atoms with Crippen LogP contribution in [0.25, 0.3) is 0 Å². The quantitative estimate of drug-likeness (QED) is 0.418. The number of rotatable bonds is 9. The molecule has 2 amide bonds. The van der Waals surface area contributed by atoms with E-state index in [1.54, 1.807) is 35.8 Å². The van der Waals surface area contributed by atoms with Crippen molar-refractivity contribution in [3.8, 4) is 0 Å². The number of hydrogen-bond acceptors (Lipinski definition) is 6. The number of aromatic nitrogens is 1. The van der Waals surface area contributed by atoms with Crippen molar-refractivity contribution < 1.29 is 19.1 Å². The third kappa shape index (κ3) is 5.31. The van der Waals surface area contributed by atoms with Crippen molar-refractivity contribution in [2.75, 3.05) is 29.5 Å². The van der Waals surface area contributed by atoms with E-state index in [-0.39, 0.29) is 18.4 Å². The van der Waals surface area contributed by atoms with Crippen LogP contribution < -0.4 is 9.80 Å². The Hall–Kier alpha value is -2.74. The van der Waals surface area contributed by atoms with Crippen molar-refractivity contribution in [3.63, 3.8) is 0 Å². The van der Waals surface area contributed by atoms with E-state index >= 15 is 0 Å². The first-order chi connectivity index (χ1) is 15.0. The zero-order chi connectivity index (χ0) is 22.4. The molecule has 31 heavy (non-hydrogen) atoms. The summed E-state index contributed by atoms with van der Waals surface area (Å²) in [6.07, 6.45) is 4.30. The maximum atomic E-state index is 13.3. The van der Waals surface area contributed by atoms with Crippen molar-refractivity contribution >= 4 is 39.9 Å². The molecule has 0 N–H and O–H groups in total. The van der Waals surface area contributed by atoms with Crippen molar-refractivity contribution in [1.82, 2.24) is 4.98 Å². The molecule has 3 rings (SSSR count). The monoisotopic (exact) mass is 443 g/mol. The van der Waals surface area contributed by atoms with Gasteiger partial charge in [-0.05, 0) is 51.0 Å². The number of aryl methyl sites for hydroxylation is 1. The number of ether oxygens (including phenoxy) is 1. The molecular weight excluding hydrogens is 414 g/mol. The van der Waals surface area contributed by atoms with Crippen LogP contribution in [0.1, 0.15) is 71.7 Å². The molecule has 0 saturated carbocycles. The highest BCUT2D eigenvalue weighted by Crippen LogP contribution is 2.29. The van der Waals surface area contributed by atoms with Gasteiger partial charge in [0.25, 0.3) is 5.91 Å². The minimum atomic E-state index is -0.413. The fraction of sp³-hybridized carbons (Fsp3) is 0.478. The molecule has 0 radical (unpaired) electrons. The van der Waals surface area contributed by atoms with Gasteiger partial charge in [0.05, 0.1) is 12.3 Å². The number of hydrogen-bond donors (Lipinski definition) is 0. The third-order valence-electron chi connectivity index (χ3n) is 5.21. The Kier molecular flexibility index (Phi) is 7.79. The first kappa shape index (κ1) is 22.9. The molecule has 7 nitrogen and oxygen atoms in total. The van der Waals surface area contributed by atoms with Crippen LogP contribution in [0.5, 0.6) is 0 Å². The summed E-state index contributed by atoms with van der Waals surface area (Å²) < 4.78 is 5.11. The normalized spacial score (nSPS) is 13.5. The maximum absolute atomic E-state index is 13.3. The Bertz CT molecular complexity index is 939. The highest BCUT2D eigenvalue weighted by Gasteiger charge is 2.26. The number of anilines is 2. The second-order valence-corrected chi connectivity index (χ2v) is 8.47. The Morgan fingerprint density at radius 3 is 2.55 bits per heavy atom. The van der Waals surface area contributed by atoms with Gasteiger partial charge < -0.3 is 9.64 Å². The lowest BCUT2D eigenvalue weighted by molar-refractivity contribution is -0.117. The highest BCUT2D eigenvalue weighted by atomic mass is 32.1. The lowest BCUT2D eigenvalue weighted by Crippen LogP contribution is -2.32. The van der Waals surface area contributed by atoms with Crippen LogP contribution in [0.4, 0.5) is 10.8 Å². The number of amides is 2. The van der Waals surface area contributed by atoms with E-state index in [9.17, 15) is 14.4 Å². The van der Waals surface area contributed by atoms with Crippen LogP contribution in [0.3, 0.4) is 0 Å². The van der Waals surface area contributed by atoms with Gasteiger partial charge in [-0.3, -0.25) is 14.5 Å². The number of esters is 1. The van der Waals surface area contributed by atoms with Gasteiger partial charge >= 0.3 is 5.97 Å². The molecule has 2 aromatic rings. The number of unbranched alkanes of at least 4 members (excludes halogenated alkanes) is 2. The Labute approximate surface area is 187 Å². The van der Waals surface area contributed by atoms with Crippen molar-refractivity contribution in [2.45, 2.75) is 52.9 Å². The largest absolute Gasteiger partial charge is 0.462 e. The van der Waals surface area contributed by atoms with E-state index in [0.717, 1.165) is 31.4 Å². The van der Waals surface area contributed by atoms with Crippen molar-refractivity contribution in [1.29, 1.82) is 0 Å². The summed E-state index contributed by atoms with van der Waals surface area (Å²) in [4.78, 5) is 45.8. The van der Waals surface area contributed by atoms with Crippen LogP contribution in [-0.2, 0) is 9.53 Å². The molecule has 2 heterocycles. The molecule has 0 spiro atoms. The van der Waals surface area contributed by atoms with Crippen LogP contribution in [-0.4, -0.2) is 42.5 Å². The fourth-order valence-corrected chi connectivity index (χ4v) is 4.53. The maximum Gasteiger partial charge on any atom is 0.350 e. The van der Waals surface area contributed by atoms with Gasteiger partial charge in [0.2, 0.25) is 5.91 Å². The van der Waals surface area contributed by atoms with E-state index in [0.29, 0.717) is 40.8 Å². The van der Waals surface area contributed by atoms with E-state index in [1.807, 2.05) is 12.1 Å². The number of carbonyl (C=O) groups is 3. The third-order valence-corrected chi connectivity index (χ3v) is 6.37. The standard InChI is InChI=1S/C23H29N3O4S/c1-4-6-7-14-26(23-24-16(3)20(31-23)22(29)30-5-2)21(28)17-10-12-18(13-11-17)25-15-8-9-19(25)27/h10-13H,4-9,14-15H2,1-3H3. The fourth-order valence-electron chi connectivity index (χ4n) is 3.55. The topological polar surface area (TPSA) is 79.8 Å². The molecule has 1 saturated heterocycles. The molecule has 0 aliphatic carbocycles. The summed E-state index contributed by atoms with van der Waals surface area (Å²) in [6.45, 7) is 7.14. The number of carbonyl (C=O) groups excluding carboxylic acids is 3. The summed E-state index contributed by atoms with van der Waals surface area (Å²) in [5.74, 6) is -0.464. The molecule has 1 aliphatic heterocycles. The van der Waals surface area contributed by atoms with Crippen molar-refractivity contribution in [2.24, 2.45) is 0 Å². The summed E-state index contributed by atoms with van der Waals surface area (Å²) in [5.41, 5.74) is 1.90. The van der Waals surface area contributed by atoms with Crippen LogP contribution in [0.15, 0.2) is 24.3 Å². The summed E-state index contributed by atoms with van der Waals surface area (Å²) in [5, 5.41) is 0.500. The average Bonchev–Trinajstić information content (AvgIpc) is 3.36. The van der Waals surface area contributed by atoms with Gasteiger partial charge in [-0.2, -0.15) is 0 Å². The van der Waals surface area contributed by atoms with Gasteiger partial charge in [0.1, 0.15) is 4.88 Å². The number of thiazole rings is 1. The Morgan fingerprint density at radius 1 is 1.19 bits per heavy atom. The van der Waals surface area contributed by atoms with Gasteiger partial charge in [0, 0.05) is 30.8 Å².